The fraction of sp³-hybridized carbons (Fsp3) is 0.182. The minimum Gasteiger partial charge on any atom is -0.277 e. The normalized spacial score (nSPS) is 10.5. The molecule has 1 aromatic carbocycles. The van der Waals surface area contributed by atoms with Gasteiger partial charge in [-0.05, 0) is 23.9 Å². The van der Waals surface area contributed by atoms with Gasteiger partial charge in [0.15, 0.2) is 0 Å². The quantitative estimate of drug-likeness (QED) is 0.791. The second-order valence-corrected chi connectivity index (χ2v) is 4.24. The Balaban J connectivity index is 2.53. The van der Waals surface area contributed by atoms with Crippen molar-refractivity contribution < 1.29 is 9.63 Å². The van der Waals surface area contributed by atoms with Crippen LogP contribution >= 0.6 is 11.3 Å². The summed E-state index contributed by atoms with van der Waals surface area (Å²) in [7, 11) is 1.43. The van der Waals surface area contributed by atoms with Gasteiger partial charge in [-0.2, -0.15) is 0 Å². The SMILES string of the molecule is CONC(=O)c1sc2ccccc2c1C. The van der Waals surface area contributed by atoms with Crippen molar-refractivity contribution in [2.24, 2.45) is 0 Å². The molecule has 0 radical (unpaired) electrons. The molecule has 15 heavy (non-hydrogen) atoms. The maximum absolute atomic E-state index is 11.6. The van der Waals surface area contributed by atoms with Crippen LogP contribution in [0.5, 0.6) is 0 Å². The molecular weight excluding hydrogens is 210 g/mol. The zero-order chi connectivity index (χ0) is 10.8. The van der Waals surface area contributed by atoms with Crippen molar-refractivity contribution in [2.75, 3.05) is 7.11 Å². The van der Waals surface area contributed by atoms with Crippen LogP contribution in [0.2, 0.25) is 0 Å². The zero-order valence-electron chi connectivity index (χ0n) is 8.53. The molecule has 0 bridgehead atoms. The maximum Gasteiger partial charge on any atom is 0.285 e. The largest absolute Gasteiger partial charge is 0.285 e. The Bertz CT molecular complexity index is 504. The zero-order valence-corrected chi connectivity index (χ0v) is 9.35. The fourth-order valence-corrected chi connectivity index (χ4v) is 2.62. The third-order valence-electron chi connectivity index (χ3n) is 2.24. The predicted molar refractivity (Wildman–Crippen MR) is 61.0 cm³/mol. The Morgan fingerprint density at radius 3 is 2.80 bits per heavy atom. The number of fused-ring (bicyclic) bond motifs is 1. The van der Waals surface area contributed by atoms with Crippen molar-refractivity contribution in [1.82, 2.24) is 5.48 Å². The number of nitrogens with one attached hydrogen (secondary N) is 1. The Morgan fingerprint density at radius 2 is 2.13 bits per heavy atom. The molecular formula is C11H11NO2S. The first kappa shape index (κ1) is 10.1. The van der Waals surface area contributed by atoms with E-state index >= 15 is 0 Å². The van der Waals surface area contributed by atoms with Crippen LogP contribution in [0, 0.1) is 6.92 Å². The summed E-state index contributed by atoms with van der Waals surface area (Å²) < 4.78 is 1.12. The molecule has 0 saturated heterocycles. The molecule has 0 aliphatic heterocycles. The molecule has 2 rings (SSSR count). The molecule has 0 aliphatic rings. The summed E-state index contributed by atoms with van der Waals surface area (Å²) in [6, 6.07) is 7.97. The summed E-state index contributed by atoms with van der Waals surface area (Å²) >= 11 is 1.48. The fourth-order valence-electron chi connectivity index (χ4n) is 1.53. The van der Waals surface area contributed by atoms with E-state index in [2.05, 4.69) is 10.3 Å². The molecule has 0 aliphatic carbocycles. The van der Waals surface area contributed by atoms with Gasteiger partial charge in [-0.3, -0.25) is 9.63 Å². The van der Waals surface area contributed by atoms with Crippen LogP contribution in [-0.2, 0) is 4.84 Å². The van der Waals surface area contributed by atoms with Gasteiger partial charge in [0.2, 0.25) is 0 Å². The number of amides is 1. The highest BCUT2D eigenvalue weighted by Crippen LogP contribution is 2.30. The number of carbonyl (C=O) groups excluding carboxylic acids is 1. The van der Waals surface area contributed by atoms with Gasteiger partial charge in [-0.1, -0.05) is 18.2 Å². The molecule has 0 fully saturated rings. The summed E-state index contributed by atoms with van der Waals surface area (Å²) in [5.41, 5.74) is 3.34. The second-order valence-electron chi connectivity index (χ2n) is 3.19. The third-order valence-corrected chi connectivity index (χ3v) is 3.52. The molecule has 4 heteroatoms. The molecule has 0 saturated carbocycles. The smallest absolute Gasteiger partial charge is 0.277 e. The van der Waals surface area contributed by atoms with Gasteiger partial charge in [0.25, 0.3) is 5.91 Å². The van der Waals surface area contributed by atoms with E-state index in [1.165, 1.54) is 18.4 Å². The molecule has 0 atom stereocenters. The third kappa shape index (κ3) is 1.73. The second kappa shape index (κ2) is 4.00. The molecule has 78 valence electrons. The van der Waals surface area contributed by atoms with Gasteiger partial charge >= 0.3 is 0 Å². The lowest BCUT2D eigenvalue weighted by Gasteiger charge is -1.99. The van der Waals surface area contributed by atoms with E-state index in [9.17, 15) is 4.79 Å². The van der Waals surface area contributed by atoms with Gasteiger partial charge in [0.1, 0.15) is 0 Å². The van der Waals surface area contributed by atoms with Gasteiger partial charge in [0.05, 0.1) is 12.0 Å². The molecule has 1 aromatic heterocycles. The van der Waals surface area contributed by atoms with Crippen molar-refractivity contribution in [3.8, 4) is 0 Å². The Morgan fingerprint density at radius 1 is 1.40 bits per heavy atom. The maximum atomic E-state index is 11.6. The monoisotopic (exact) mass is 221 g/mol. The van der Waals surface area contributed by atoms with Gasteiger partial charge < -0.3 is 0 Å². The molecule has 1 N–H and O–H groups in total. The summed E-state index contributed by atoms with van der Waals surface area (Å²) in [6.45, 7) is 1.95. The lowest BCUT2D eigenvalue weighted by molar-refractivity contribution is 0.0541. The summed E-state index contributed by atoms with van der Waals surface area (Å²) in [5.74, 6) is -0.184. The van der Waals surface area contributed by atoms with Gasteiger partial charge in [-0.25, -0.2) is 5.48 Å². The Kier molecular flexibility index (Phi) is 2.70. The molecule has 0 spiro atoms. The Hall–Kier alpha value is -1.39. The highest BCUT2D eigenvalue weighted by atomic mass is 32.1. The number of hydrogen-bond donors (Lipinski definition) is 1. The summed E-state index contributed by atoms with van der Waals surface area (Å²) in [5, 5.41) is 1.13. The van der Waals surface area contributed by atoms with Crippen LogP contribution in [0.15, 0.2) is 24.3 Å². The van der Waals surface area contributed by atoms with Crippen LogP contribution in [0.1, 0.15) is 15.2 Å². The highest BCUT2D eigenvalue weighted by Gasteiger charge is 2.14. The lowest BCUT2D eigenvalue weighted by Crippen LogP contribution is -2.21. The minimum atomic E-state index is -0.184. The standard InChI is InChI=1S/C11H11NO2S/c1-7-8-5-3-4-6-9(8)15-10(7)11(13)12-14-2/h3-6H,1-2H3,(H,12,13). The van der Waals surface area contributed by atoms with E-state index in [1.54, 1.807) is 0 Å². The van der Waals surface area contributed by atoms with Crippen molar-refractivity contribution in [3.05, 3.63) is 34.7 Å². The number of hydroxylamine groups is 1. The summed E-state index contributed by atoms with van der Waals surface area (Å²) in [6.07, 6.45) is 0. The average molecular weight is 221 g/mol. The van der Waals surface area contributed by atoms with Crippen LogP contribution in [0.3, 0.4) is 0 Å². The summed E-state index contributed by atoms with van der Waals surface area (Å²) in [4.78, 5) is 16.9. The molecule has 1 amide bonds. The van der Waals surface area contributed by atoms with Crippen LogP contribution in [-0.4, -0.2) is 13.0 Å². The van der Waals surface area contributed by atoms with Crippen molar-refractivity contribution in [3.63, 3.8) is 0 Å². The number of rotatable bonds is 2. The first-order chi connectivity index (χ1) is 7.24. The topological polar surface area (TPSA) is 38.3 Å². The van der Waals surface area contributed by atoms with E-state index in [1.807, 2.05) is 31.2 Å². The van der Waals surface area contributed by atoms with E-state index in [-0.39, 0.29) is 5.91 Å². The average Bonchev–Trinajstić information content (AvgIpc) is 2.57. The van der Waals surface area contributed by atoms with E-state index in [0.29, 0.717) is 4.88 Å². The molecule has 3 nitrogen and oxygen atoms in total. The number of hydrogen-bond acceptors (Lipinski definition) is 3. The van der Waals surface area contributed by atoms with Crippen molar-refractivity contribution in [2.45, 2.75) is 6.92 Å². The van der Waals surface area contributed by atoms with Crippen LogP contribution in [0.4, 0.5) is 0 Å². The molecule has 1 heterocycles. The van der Waals surface area contributed by atoms with Crippen molar-refractivity contribution in [1.29, 1.82) is 0 Å². The van der Waals surface area contributed by atoms with E-state index in [4.69, 9.17) is 0 Å². The molecule has 2 aromatic rings. The lowest BCUT2D eigenvalue weighted by atomic mass is 10.1. The number of benzene rings is 1. The van der Waals surface area contributed by atoms with Crippen LogP contribution < -0.4 is 5.48 Å². The van der Waals surface area contributed by atoms with E-state index in [0.717, 1.165) is 15.6 Å². The number of aryl methyl sites for hydroxylation is 1. The minimum absolute atomic E-state index is 0.184. The van der Waals surface area contributed by atoms with E-state index < -0.39 is 0 Å². The van der Waals surface area contributed by atoms with Crippen LogP contribution in [0.25, 0.3) is 10.1 Å². The number of thiophene rings is 1. The Labute approximate surface area is 91.6 Å². The predicted octanol–water partition coefficient (Wildman–Crippen LogP) is 2.50. The highest BCUT2D eigenvalue weighted by molar-refractivity contribution is 7.21. The van der Waals surface area contributed by atoms with Crippen molar-refractivity contribution >= 4 is 27.3 Å². The first-order valence-electron chi connectivity index (χ1n) is 4.55. The number of carbonyl (C=O) groups is 1. The first-order valence-corrected chi connectivity index (χ1v) is 5.37. The van der Waals surface area contributed by atoms with Gasteiger partial charge in [0, 0.05) is 4.70 Å². The van der Waals surface area contributed by atoms with Gasteiger partial charge in [-0.15, -0.1) is 11.3 Å². The molecule has 0 unspecified atom stereocenters.